The summed E-state index contributed by atoms with van der Waals surface area (Å²) in [6.07, 6.45) is 1.79. The van der Waals surface area contributed by atoms with Gasteiger partial charge in [0.05, 0.1) is 10.6 Å². The Labute approximate surface area is 168 Å². The minimum Gasteiger partial charge on any atom is -0.486 e. The highest BCUT2D eigenvalue weighted by Gasteiger charge is 2.27. The predicted molar refractivity (Wildman–Crippen MR) is 107 cm³/mol. The third-order valence-electron chi connectivity index (χ3n) is 4.76. The number of ether oxygens (including phenoxy) is 2. The van der Waals surface area contributed by atoms with Crippen LogP contribution in [0.2, 0.25) is 0 Å². The van der Waals surface area contributed by atoms with Crippen LogP contribution in [0.15, 0.2) is 52.3 Å². The highest BCUT2D eigenvalue weighted by atomic mass is 32.2. The lowest BCUT2D eigenvalue weighted by molar-refractivity contribution is 0.102. The van der Waals surface area contributed by atoms with Crippen molar-refractivity contribution in [1.29, 1.82) is 0 Å². The zero-order chi connectivity index (χ0) is 19.6. The van der Waals surface area contributed by atoms with E-state index in [4.69, 9.17) is 9.47 Å². The maximum atomic E-state index is 12.6. The van der Waals surface area contributed by atoms with Crippen molar-refractivity contribution in [3.8, 4) is 11.5 Å². The van der Waals surface area contributed by atoms with E-state index in [1.165, 1.54) is 28.2 Å². The van der Waals surface area contributed by atoms with Gasteiger partial charge < -0.3 is 9.47 Å². The van der Waals surface area contributed by atoms with Gasteiger partial charge in [-0.05, 0) is 43.2 Å². The summed E-state index contributed by atoms with van der Waals surface area (Å²) in [5, 5.41) is 0. The van der Waals surface area contributed by atoms with E-state index in [9.17, 15) is 13.2 Å². The second-order valence-electron chi connectivity index (χ2n) is 6.65. The van der Waals surface area contributed by atoms with Crippen molar-refractivity contribution in [2.24, 2.45) is 0 Å². The highest BCUT2D eigenvalue weighted by Crippen LogP contribution is 2.34. The first-order valence-electron chi connectivity index (χ1n) is 9.20. The number of Topliss-reactive ketones (excluding diaryl/α,β-unsaturated/α-hetero) is 1. The van der Waals surface area contributed by atoms with Crippen molar-refractivity contribution in [1.82, 2.24) is 4.31 Å². The molecule has 2 aromatic rings. The molecule has 1 saturated heterocycles. The van der Waals surface area contributed by atoms with Crippen LogP contribution in [0.3, 0.4) is 0 Å². The number of benzene rings is 2. The van der Waals surface area contributed by atoms with Gasteiger partial charge in [0.1, 0.15) is 13.2 Å². The summed E-state index contributed by atoms with van der Waals surface area (Å²) in [6, 6.07) is 11.9. The Morgan fingerprint density at radius 2 is 1.64 bits per heavy atom. The van der Waals surface area contributed by atoms with Crippen molar-refractivity contribution in [2.75, 3.05) is 32.1 Å². The number of hydrogen-bond acceptors (Lipinski definition) is 6. The molecule has 0 spiro atoms. The standard InChI is InChI=1S/C20H21NO5S2/c22-18(14-27-16-5-8-19-20(13-16)26-12-11-25-19)15-3-6-17(7-4-15)28(23,24)21-9-1-2-10-21/h3-8,13H,1-2,9-12,14H2. The maximum absolute atomic E-state index is 12.6. The Hall–Kier alpha value is -2.03. The number of nitrogens with zero attached hydrogens (tertiary/aromatic N) is 1. The molecule has 0 aliphatic carbocycles. The lowest BCUT2D eigenvalue weighted by atomic mass is 10.1. The summed E-state index contributed by atoms with van der Waals surface area (Å²) in [4.78, 5) is 13.7. The molecule has 0 radical (unpaired) electrons. The van der Waals surface area contributed by atoms with Gasteiger partial charge in [-0.1, -0.05) is 12.1 Å². The van der Waals surface area contributed by atoms with Gasteiger partial charge in [0, 0.05) is 23.5 Å². The number of thioether (sulfide) groups is 1. The molecule has 0 N–H and O–H groups in total. The molecule has 1 fully saturated rings. The van der Waals surface area contributed by atoms with Crippen molar-refractivity contribution < 1.29 is 22.7 Å². The smallest absolute Gasteiger partial charge is 0.243 e. The van der Waals surface area contributed by atoms with Crippen LogP contribution in [0.25, 0.3) is 0 Å². The van der Waals surface area contributed by atoms with Crippen molar-refractivity contribution >= 4 is 27.6 Å². The molecular weight excluding hydrogens is 398 g/mol. The number of hydrogen-bond donors (Lipinski definition) is 0. The molecule has 6 nitrogen and oxygen atoms in total. The van der Waals surface area contributed by atoms with Crippen molar-refractivity contribution in [3.05, 3.63) is 48.0 Å². The van der Waals surface area contributed by atoms with E-state index in [-0.39, 0.29) is 16.4 Å². The Balaban J connectivity index is 1.40. The van der Waals surface area contributed by atoms with E-state index in [2.05, 4.69) is 0 Å². The van der Waals surface area contributed by atoms with E-state index >= 15 is 0 Å². The molecule has 0 amide bonds. The Kier molecular flexibility index (Phi) is 5.61. The molecule has 4 rings (SSSR count). The highest BCUT2D eigenvalue weighted by molar-refractivity contribution is 8.00. The van der Waals surface area contributed by atoms with Crippen LogP contribution in [0.1, 0.15) is 23.2 Å². The first-order chi connectivity index (χ1) is 13.5. The molecule has 8 heteroatoms. The van der Waals surface area contributed by atoms with Crippen molar-refractivity contribution in [2.45, 2.75) is 22.6 Å². The first kappa shape index (κ1) is 19.3. The van der Waals surface area contributed by atoms with Gasteiger partial charge in [-0.15, -0.1) is 11.8 Å². The summed E-state index contributed by atoms with van der Waals surface area (Å²) in [6.45, 7) is 2.19. The summed E-state index contributed by atoms with van der Waals surface area (Å²) in [5.41, 5.74) is 0.505. The first-order valence-corrected chi connectivity index (χ1v) is 11.6. The second kappa shape index (κ2) is 8.14. The monoisotopic (exact) mass is 419 g/mol. The van der Waals surface area contributed by atoms with Crippen LogP contribution in [0.4, 0.5) is 0 Å². The number of carbonyl (C=O) groups is 1. The Morgan fingerprint density at radius 3 is 2.36 bits per heavy atom. The SMILES string of the molecule is O=C(CSc1ccc2c(c1)OCCO2)c1ccc(S(=O)(=O)N2CCCC2)cc1. The molecule has 2 aliphatic rings. The maximum Gasteiger partial charge on any atom is 0.243 e. The fraction of sp³-hybridized carbons (Fsp3) is 0.350. The summed E-state index contributed by atoms with van der Waals surface area (Å²) >= 11 is 1.41. The molecule has 0 atom stereocenters. The van der Waals surface area contributed by atoms with E-state index in [1.807, 2.05) is 18.2 Å². The topological polar surface area (TPSA) is 72.9 Å². The minimum atomic E-state index is -3.45. The quantitative estimate of drug-likeness (QED) is 0.529. The van der Waals surface area contributed by atoms with Gasteiger partial charge in [0.2, 0.25) is 10.0 Å². The van der Waals surface area contributed by atoms with E-state index in [0.29, 0.717) is 37.6 Å². The van der Waals surface area contributed by atoms with Crippen LogP contribution in [0, 0.1) is 0 Å². The number of sulfonamides is 1. The van der Waals surface area contributed by atoms with Gasteiger partial charge in [-0.2, -0.15) is 4.31 Å². The van der Waals surface area contributed by atoms with Crippen LogP contribution in [-0.2, 0) is 10.0 Å². The lowest BCUT2D eigenvalue weighted by Gasteiger charge is -2.18. The zero-order valence-corrected chi connectivity index (χ0v) is 16.9. The molecule has 2 aliphatic heterocycles. The molecule has 2 heterocycles. The van der Waals surface area contributed by atoms with Gasteiger partial charge >= 0.3 is 0 Å². The van der Waals surface area contributed by atoms with Gasteiger partial charge in [0.15, 0.2) is 17.3 Å². The zero-order valence-electron chi connectivity index (χ0n) is 15.3. The van der Waals surface area contributed by atoms with E-state index in [0.717, 1.165) is 23.5 Å². The van der Waals surface area contributed by atoms with Crippen LogP contribution in [0.5, 0.6) is 11.5 Å². The summed E-state index contributed by atoms with van der Waals surface area (Å²) in [5.74, 6) is 1.62. The van der Waals surface area contributed by atoms with E-state index < -0.39 is 10.0 Å². The van der Waals surface area contributed by atoms with Crippen LogP contribution in [-0.4, -0.2) is 50.6 Å². The summed E-state index contributed by atoms with van der Waals surface area (Å²) in [7, 11) is -3.45. The molecule has 2 aromatic carbocycles. The molecule has 0 saturated carbocycles. The lowest BCUT2D eigenvalue weighted by Crippen LogP contribution is -2.27. The number of rotatable bonds is 6. The van der Waals surface area contributed by atoms with Crippen LogP contribution >= 0.6 is 11.8 Å². The third-order valence-corrected chi connectivity index (χ3v) is 7.67. The molecule has 0 aromatic heterocycles. The largest absolute Gasteiger partial charge is 0.486 e. The molecule has 28 heavy (non-hydrogen) atoms. The van der Waals surface area contributed by atoms with Gasteiger partial charge in [0.25, 0.3) is 0 Å². The second-order valence-corrected chi connectivity index (χ2v) is 9.64. The van der Waals surface area contributed by atoms with Crippen molar-refractivity contribution in [3.63, 3.8) is 0 Å². The molecule has 0 bridgehead atoms. The number of ketones is 1. The molecule has 148 valence electrons. The average molecular weight is 420 g/mol. The number of fused-ring (bicyclic) bond motifs is 1. The van der Waals surface area contributed by atoms with Crippen LogP contribution < -0.4 is 9.47 Å². The minimum absolute atomic E-state index is 0.0509. The predicted octanol–water partition coefficient (Wildman–Crippen LogP) is 3.22. The van der Waals surface area contributed by atoms with E-state index in [1.54, 1.807) is 12.1 Å². The normalized spacial score (nSPS) is 16.9. The molecular formula is C20H21NO5S2. The Bertz CT molecular complexity index is 967. The Morgan fingerprint density at radius 1 is 0.964 bits per heavy atom. The average Bonchev–Trinajstić information content (AvgIpc) is 3.28. The molecule has 0 unspecified atom stereocenters. The fourth-order valence-corrected chi connectivity index (χ4v) is 5.57. The third kappa shape index (κ3) is 4.04. The van der Waals surface area contributed by atoms with Gasteiger partial charge in [-0.25, -0.2) is 8.42 Å². The number of carbonyl (C=O) groups excluding carboxylic acids is 1. The fourth-order valence-electron chi connectivity index (χ4n) is 3.24. The van der Waals surface area contributed by atoms with Gasteiger partial charge in [-0.3, -0.25) is 4.79 Å². The summed E-state index contributed by atoms with van der Waals surface area (Å²) < 4.78 is 37.7.